The van der Waals surface area contributed by atoms with Crippen LogP contribution in [0.4, 0.5) is 5.69 Å². The summed E-state index contributed by atoms with van der Waals surface area (Å²) in [5.74, 6) is 0. The number of benzene rings is 1. The van der Waals surface area contributed by atoms with Gasteiger partial charge in [-0.25, -0.2) is 8.42 Å². The molecule has 4 nitrogen and oxygen atoms in total. The van der Waals surface area contributed by atoms with Crippen molar-refractivity contribution in [1.29, 1.82) is 0 Å². The van der Waals surface area contributed by atoms with E-state index in [2.05, 4.69) is 10.0 Å². The standard InChI is InChI=1S/C11H15ClN2O2S/c12-9-4-3-5-10(8-9)14-17(15,16)11-6-1-2-7-13-11/h3-5,8,11,13-14H,1-2,6-7H2. The van der Waals surface area contributed by atoms with Gasteiger partial charge in [-0.2, -0.15) is 0 Å². The third-order valence-corrected chi connectivity index (χ3v) is 4.63. The maximum Gasteiger partial charge on any atom is 0.248 e. The van der Waals surface area contributed by atoms with Gasteiger partial charge in [-0.15, -0.1) is 0 Å². The van der Waals surface area contributed by atoms with Crippen molar-refractivity contribution in [3.8, 4) is 0 Å². The number of hydrogen-bond donors (Lipinski definition) is 2. The molecule has 2 rings (SSSR count). The molecule has 0 saturated carbocycles. The van der Waals surface area contributed by atoms with E-state index in [9.17, 15) is 8.42 Å². The summed E-state index contributed by atoms with van der Waals surface area (Å²) in [5, 5.41) is 3.02. The molecule has 1 saturated heterocycles. The van der Waals surface area contributed by atoms with Gasteiger partial charge >= 0.3 is 0 Å². The van der Waals surface area contributed by atoms with E-state index in [-0.39, 0.29) is 0 Å². The molecule has 0 aliphatic carbocycles. The normalized spacial score (nSPS) is 21.1. The Balaban J connectivity index is 2.11. The molecule has 1 aromatic carbocycles. The van der Waals surface area contributed by atoms with Crippen LogP contribution in [-0.4, -0.2) is 20.3 Å². The summed E-state index contributed by atoms with van der Waals surface area (Å²) in [7, 11) is -3.37. The van der Waals surface area contributed by atoms with Crippen molar-refractivity contribution in [2.24, 2.45) is 0 Å². The SMILES string of the molecule is O=S(=O)(Nc1cccc(Cl)c1)C1CCCCN1. The maximum absolute atomic E-state index is 12.0. The summed E-state index contributed by atoms with van der Waals surface area (Å²) in [4.78, 5) is 0. The minimum absolute atomic E-state index is 0.504. The van der Waals surface area contributed by atoms with E-state index in [0.29, 0.717) is 17.1 Å². The highest BCUT2D eigenvalue weighted by Crippen LogP contribution is 2.19. The van der Waals surface area contributed by atoms with E-state index >= 15 is 0 Å². The molecule has 1 unspecified atom stereocenters. The van der Waals surface area contributed by atoms with Crippen LogP contribution in [-0.2, 0) is 10.0 Å². The highest BCUT2D eigenvalue weighted by atomic mass is 35.5. The van der Waals surface area contributed by atoms with Gasteiger partial charge in [0.25, 0.3) is 0 Å². The Morgan fingerprint density at radius 3 is 2.82 bits per heavy atom. The molecule has 0 bridgehead atoms. The molecule has 2 N–H and O–H groups in total. The van der Waals surface area contributed by atoms with Gasteiger partial charge in [0, 0.05) is 5.02 Å². The summed E-state index contributed by atoms with van der Waals surface area (Å²) in [6.45, 7) is 0.751. The highest BCUT2D eigenvalue weighted by Gasteiger charge is 2.26. The topological polar surface area (TPSA) is 58.2 Å². The van der Waals surface area contributed by atoms with Crippen LogP contribution in [0.5, 0.6) is 0 Å². The first kappa shape index (κ1) is 12.7. The zero-order chi connectivity index (χ0) is 12.3. The molecule has 1 aliphatic heterocycles. The number of nitrogens with one attached hydrogen (secondary N) is 2. The average molecular weight is 275 g/mol. The van der Waals surface area contributed by atoms with Gasteiger partial charge in [-0.1, -0.05) is 17.7 Å². The quantitative estimate of drug-likeness (QED) is 0.888. The lowest BCUT2D eigenvalue weighted by Crippen LogP contribution is -2.43. The van der Waals surface area contributed by atoms with Crippen molar-refractivity contribution in [3.63, 3.8) is 0 Å². The number of hydrogen-bond acceptors (Lipinski definition) is 3. The maximum atomic E-state index is 12.0. The molecular formula is C11H15ClN2O2S. The van der Waals surface area contributed by atoms with E-state index in [1.54, 1.807) is 24.3 Å². The zero-order valence-electron chi connectivity index (χ0n) is 9.32. The number of anilines is 1. The van der Waals surface area contributed by atoms with Crippen LogP contribution < -0.4 is 10.0 Å². The predicted molar refractivity (Wildman–Crippen MR) is 69.6 cm³/mol. The second kappa shape index (κ2) is 5.25. The minimum atomic E-state index is -3.37. The molecular weight excluding hydrogens is 260 g/mol. The first-order valence-corrected chi connectivity index (χ1v) is 7.51. The van der Waals surface area contributed by atoms with Crippen molar-refractivity contribution in [2.45, 2.75) is 24.6 Å². The van der Waals surface area contributed by atoms with Crippen LogP contribution >= 0.6 is 11.6 Å². The highest BCUT2D eigenvalue weighted by molar-refractivity contribution is 7.93. The Hall–Kier alpha value is -0.780. The van der Waals surface area contributed by atoms with E-state index in [0.717, 1.165) is 19.4 Å². The molecule has 0 spiro atoms. The number of rotatable bonds is 3. The first-order chi connectivity index (χ1) is 8.08. The molecule has 1 heterocycles. The Morgan fingerprint density at radius 2 is 2.18 bits per heavy atom. The van der Waals surface area contributed by atoms with Crippen LogP contribution in [0.25, 0.3) is 0 Å². The third-order valence-electron chi connectivity index (χ3n) is 2.72. The molecule has 1 aliphatic rings. The number of piperidine rings is 1. The van der Waals surface area contributed by atoms with Crippen LogP contribution in [0.2, 0.25) is 5.02 Å². The van der Waals surface area contributed by atoms with E-state index in [4.69, 9.17) is 11.6 Å². The molecule has 1 atom stereocenters. The van der Waals surface area contributed by atoms with Crippen molar-refractivity contribution in [1.82, 2.24) is 5.32 Å². The molecule has 0 radical (unpaired) electrons. The smallest absolute Gasteiger partial charge is 0.248 e. The second-order valence-corrected chi connectivity index (χ2v) is 6.40. The largest absolute Gasteiger partial charge is 0.300 e. The molecule has 1 fully saturated rings. The summed E-state index contributed by atoms with van der Waals surface area (Å²) in [5.41, 5.74) is 0.505. The van der Waals surface area contributed by atoms with Crippen LogP contribution in [0.1, 0.15) is 19.3 Å². The van der Waals surface area contributed by atoms with Gasteiger partial charge in [0.05, 0.1) is 5.69 Å². The van der Waals surface area contributed by atoms with Gasteiger partial charge in [-0.3, -0.25) is 10.0 Å². The molecule has 0 amide bonds. The predicted octanol–water partition coefficient (Wildman–Crippen LogP) is 2.18. The van der Waals surface area contributed by atoms with Crippen molar-refractivity contribution in [3.05, 3.63) is 29.3 Å². The lowest BCUT2D eigenvalue weighted by molar-refractivity contribution is 0.463. The minimum Gasteiger partial charge on any atom is -0.300 e. The molecule has 1 aromatic rings. The van der Waals surface area contributed by atoms with Gasteiger partial charge in [0.2, 0.25) is 10.0 Å². The van der Waals surface area contributed by atoms with Gasteiger partial charge in [0.1, 0.15) is 5.37 Å². The average Bonchev–Trinajstić information content (AvgIpc) is 2.29. The fourth-order valence-corrected chi connectivity index (χ4v) is 3.47. The van der Waals surface area contributed by atoms with Crippen LogP contribution in [0, 0.1) is 0 Å². The monoisotopic (exact) mass is 274 g/mol. The molecule has 17 heavy (non-hydrogen) atoms. The fraction of sp³-hybridized carbons (Fsp3) is 0.455. The van der Waals surface area contributed by atoms with Crippen molar-refractivity contribution >= 4 is 27.3 Å². The summed E-state index contributed by atoms with van der Waals surface area (Å²) in [6, 6.07) is 6.71. The summed E-state index contributed by atoms with van der Waals surface area (Å²) >= 11 is 5.81. The van der Waals surface area contributed by atoms with Gasteiger partial charge in [0.15, 0.2) is 0 Å². The van der Waals surface area contributed by atoms with Crippen molar-refractivity contribution < 1.29 is 8.42 Å². The van der Waals surface area contributed by atoms with Gasteiger partial charge < -0.3 is 0 Å². The third kappa shape index (κ3) is 3.34. The Morgan fingerprint density at radius 1 is 1.35 bits per heavy atom. The molecule has 6 heteroatoms. The van der Waals surface area contributed by atoms with Gasteiger partial charge in [-0.05, 0) is 44.0 Å². The lowest BCUT2D eigenvalue weighted by Gasteiger charge is -2.23. The van der Waals surface area contributed by atoms with Crippen molar-refractivity contribution in [2.75, 3.05) is 11.3 Å². The second-order valence-electron chi connectivity index (χ2n) is 4.10. The molecule has 0 aromatic heterocycles. The molecule has 94 valence electrons. The van der Waals surface area contributed by atoms with Crippen LogP contribution in [0.15, 0.2) is 24.3 Å². The fourth-order valence-electron chi connectivity index (χ4n) is 1.87. The van der Waals surface area contributed by atoms with Crippen LogP contribution in [0.3, 0.4) is 0 Å². The lowest BCUT2D eigenvalue weighted by atomic mass is 10.2. The van der Waals surface area contributed by atoms with E-state index in [1.807, 2.05) is 0 Å². The Labute approximate surface area is 106 Å². The number of sulfonamides is 1. The zero-order valence-corrected chi connectivity index (χ0v) is 10.9. The number of halogens is 1. The summed E-state index contributed by atoms with van der Waals surface area (Å²) in [6.07, 6.45) is 2.62. The Kier molecular flexibility index (Phi) is 3.91. The van der Waals surface area contributed by atoms with E-state index in [1.165, 1.54) is 0 Å². The first-order valence-electron chi connectivity index (χ1n) is 5.58. The van der Waals surface area contributed by atoms with E-state index < -0.39 is 15.4 Å². The Bertz CT molecular complexity index is 484. The summed E-state index contributed by atoms with van der Waals surface area (Å²) < 4.78 is 26.7.